The van der Waals surface area contributed by atoms with Crippen molar-refractivity contribution in [3.63, 3.8) is 0 Å². The molecular formula is C15H20O2. The van der Waals surface area contributed by atoms with E-state index in [1.54, 1.807) is 0 Å². The van der Waals surface area contributed by atoms with E-state index in [9.17, 15) is 4.79 Å². The van der Waals surface area contributed by atoms with Crippen LogP contribution < -0.4 is 0 Å². The summed E-state index contributed by atoms with van der Waals surface area (Å²) in [5, 5.41) is 0. The number of ketones is 1. The van der Waals surface area contributed by atoms with Crippen molar-refractivity contribution >= 4 is 5.78 Å². The van der Waals surface area contributed by atoms with Gasteiger partial charge >= 0.3 is 0 Å². The summed E-state index contributed by atoms with van der Waals surface area (Å²) in [7, 11) is 0. The van der Waals surface area contributed by atoms with Crippen LogP contribution in [0.2, 0.25) is 0 Å². The molecule has 1 aromatic carbocycles. The van der Waals surface area contributed by atoms with Gasteiger partial charge in [-0.1, -0.05) is 26.0 Å². The van der Waals surface area contributed by atoms with Gasteiger partial charge in [-0.05, 0) is 42.4 Å². The molecule has 0 spiro atoms. The Bertz CT molecular complexity index is 407. The number of carbonyl (C=O) groups is 1. The molecule has 0 heterocycles. The third kappa shape index (κ3) is 3.16. The van der Waals surface area contributed by atoms with Crippen molar-refractivity contribution in [1.29, 1.82) is 0 Å². The van der Waals surface area contributed by atoms with Crippen LogP contribution in [0.25, 0.3) is 0 Å². The molecule has 1 aliphatic carbocycles. The molecule has 0 amide bonds. The van der Waals surface area contributed by atoms with Crippen molar-refractivity contribution in [3.05, 3.63) is 34.9 Å². The van der Waals surface area contributed by atoms with E-state index in [0.717, 1.165) is 18.4 Å². The van der Waals surface area contributed by atoms with Crippen molar-refractivity contribution < 1.29 is 9.53 Å². The van der Waals surface area contributed by atoms with Gasteiger partial charge in [-0.3, -0.25) is 4.79 Å². The summed E-state index contributed by atoms with van der Waals surface area (Å²) in [5.74, 6) is 0.572. The number of ether oxygens (including phenoxy) is 1. The van der Waals surface area contributed by atoms with Gasteiger partial charge in [-0.15, -0.1) is 0 Å². The van der Waals surface area contributed by atoms with Crippen LogP contribution in [0.3, 0.4) is 0 Å². The van der Waals surface area contributed by atoms with E-state index < -0.39 is 0 Å². The molecule has 0 N–H and O–H groups in total. The van der Waals surface area contributed by atoms with Gasteiger partial charge in [0.05, 0.1) is 0 Å². The van der Waals surface area contributed by atoms with Crippen molar-refractivity contribution in [2.24, 2.45) is 5.92 Å². The van der Waals surface area contributed by atoms with Crippen LogP contribution in [0.4, 0.5) is 0 Å². The first-order valence-corrected chi connectivity index (χ1v) is 6.39. The van der Waals surface area contributed by atoms with Crippen molar-refractivity contribution in [1.82, 2.24) is 0 Å². The van der Waals surface area contributed by atoms with E-state index in [2.05, 4.69) is 19.9 Å². The summed E-state index contributed by atoms with van der Waals surface area (Å²) in [4.78, 5) is 11.9. The highest BCUT2D eigenvalue weighted by molar-refractivity contribution is 5.97. The Kier molecular flexibility index (Phi) is 3.95. The number of aryl methyl sites for hydroxylation is 2. The van der Waals surface area contributed by atoms with Crippen LogP contribution in [0, 0.1) is 5.92 Å². The lowest BCUT2D eigenvalue weighted by molar-refractivity contribution is 0.0705. The zero-order valence-electron chi connectivity index (χ0n) is 10.7. The van der Waals surface area contributed by atoms with Gasteiger partial charge in [0.15, 0.2) is 5.78 Å². The van der Waals surface area contributed by atoms with Gasteiger partial charge in [0.2, 0.25) is 0 Å². The fourth-order valence-electron chi connectivity index (χ4n) is 2.22. The lowest BCUT2D eigenvalue weighted by Gasteiger charge is -2.07. The minimum atomic E-state index is 0.0975. The van der Waals surface area contributed by atoms with Gasteiger partial charge in [0.1, 0.15) is 6.61 Å². The van der Waals surface area contributed by atoms with Crippen LogP contribution in [-0.4, -0.2) is 19.0 Å². The maximum Gasteiger partial charge on any atom is 0.188 e. The Morgan fingerprint density at radius 1 is 1.29 bits per heavy atom. The standard InChI is InChI=1S/C15H20O2/c1-11(2)9-17-10-15(16)14-7-6-12-4-3-5-13(12)8-14/h6-8,11H,3-5,9-10H2,1-2H3. The van der Waals surface area contributed by atoms with E-state index in [-0.39, 0.29) is 12.4 Å². The first-order valence-electron chi connectivity index (χ1n) is 6.39. The monoisotopic (exact) mass is 232 g/mol. The average Bonchev–Trinajstić information content (AvgIpc) is 2.75. The Morgan fingerprint density at radius 3 is 2.82 bits per heavy atom. The molecule has 0 unspecified atom stereocenters. The molecule has 17 heavy (non-hydrogen) atoms. The molecule has 0 saturated carbocycles. The molecule has 0 aliphatic heterocycles. The molecule has 0 atom stereocenters. The molecule has 0 aromatic heterocycles. The van der Waals surface area contributed by atoms with Crippen LogP contribution in [0.1, 0.15) is 41.8 Å². The number of Topliss-reactive ketones (excluding diaryl/α,β-unsaturated/α-hetero) is 1. The summed E-state index contributed by atoms with van der Waals surface area (Å²) >= 11 is 0. The van der Waals surface area contributed by atoms with Gasteiger partial charge in [0, 0.05) is 12.2 Å². The number of benzene rings is 1. The largest absolute Gasteiger partial charge is 0.373 e. The van der Waals surface area contributed by atoms with E-state index in [1.807, 2.05) is 12.1 Å². The Balaban J connectivity index is 1.95. The first kappa shape index (κ1) is 12.3. The van der Waals surface area contributed by atoms with E-state index >= 15 is 0 Å². The van der Waals surface area contributed by atoms with Gasteiger partial charge in [0.25, 0.3) is 0 Å². The SMILES string of the molecule is CC(C)COCC(=O)c1ccc2c(c1)CCC2. The van der Waals surface area contributed by atoms with Gasteiger partial charge in [-0.25, -0.2) is 0 Å². The summed E-state index contributed by atoms with van der Waals surface area (Å²) in [6.07, 6.45) is 3.49. The van der Waals surface area contributed by atoms with Crippen molar-refractivity contribution in [2.45, 2.75) is 33.1 Å². The van der Waals surface area contributed by atoms with E-state index in [0.29, 0.717) is 12.5 Å². The highest BCUT2D eigenvalue weighted by atomic mass is 16.5. The molecular weight excluding hydrogens is 212 g/mol. The summed E-state index contributed by atoms with van der Waals surface area (Å²) in [6, 6.07) is 6.08. The second-order valence-corrected chi connectivity index (χ2v) is 5.17. The highest BCUT2D eigenvalue weighted by Crippen LogP contribution is 2.22. The third-order valence-corrected chi connectivity index (χ3v) is 3.10. The quantitative estimate of drug-likeness (QED) is 0.729. The summed E-state index contributed by atoms with van der Waals surface area (Å²) in [6.45, 7) is 5.02. The molecule has 0 radical (unpaired) electrons. The van der Waals surface area contributed by atoms with Crippen LogP contribution in [0.15, 0.2) is 18.2 Å². The molecule has 0 fully saturated rings. The average molecular weight is 232 g/mol. The fourth-order valence-corrected chi connectivity index (χ4v) is 2.22. The fraction of sp³-hybridized carbons (Fsp3) is 0.533. The molecule has 0 saturated heterocycles. The smallest absolute Gasteiger partial charge is 0.188 e. The minimum Gasteiger partial charge on any atom is -0.373 e. The van der Waals surface area contributed by atoms with Gasteiger partial charge in [-0.2, -0.15) is 0 Å². The number of carbonyl (C=O) groups excluding carboxylic acids is 1. The Morgan fingerprint density at radius 2 is 2.06 bits per heavy atom. The maximum absolute atomic E-state index is 11.9. The van der Waals surface area contributed by atoms with Gasteiger partial charge < -0.3 is 4.74 Å². The number of rotatable bonds is 5. The van der Waals surface area contributed by atoms with Crippen molar-refractivity contribution in [3.8, 4) is 0 Å². The molecule has 2 heteroatoms. The Hall–Kier alpha value is -1.15. The molecule has 2 nitrogen and oxygen atoms in total. The molecule has 1 aliphatic rings. The summed E-state index contributed by atoms with van der Waals surface area (Å²) < 4.78 is 5.38. The predicted molar refractivity (Wildman–Crippen MR) is 68.5 cm³/mol. The molecule has 2 rings (SSSR count). The number of fused-ring (bicyclic) bond motifs is 1. The van der Waals surface area contributed by atoms with Crippen LogP contribution >= 0.6 is 0 Å². The van der Waals surface area contributed by atoms with E-state index in [4.69, 9.17) is 4.74 Å². The predicted octanol–water partition coefficient (Wildman–Crippen LogP) is 3.03. The normalized spacial score (nSPS) is 14.1. The zero-order valence-corrected chi connectivity index (χ0v) is 10.7. The maximum atomic E-state index is 11.9. The van der Waals surface area contributed by atoms with Crippen molar-refractivity contribution in [2.75, 3.05) is 13.2 Å². The minimum absolute atomic E-state index is 0.0975. The lowest BCUT2D eigenvalue weighted by Crippen LogP contribution is -2.12. The molecule has 1 aromatic rings. The highest BCUT2D eigenvalue weighted by Gasteiger charge is 2.13. The number of hydrogen-bond donors (Lipinski definition) is 0. The number of hydrogen-bond acceptors (Lipinski definition) is 2. The zero-order chi connectivity index (χ0) is 12.3. The van der Waals surface area contributed by atoms with Crippen LogP contribution in [0.5, 0.6) is 0 Å². The second-order valence-electron chi connectivity index (χ2n) is 5.17. The van der Waals surface area contributed by atoms with Crippen LogP contribution in [-0.2, 0) is 17.6 Å². The Labute approximate surface area is 103 Å². The first-order chi connectivity index (χ1) is 8.16. The topological polar surface area (TPSA) is 26.3 Å². The van der Waals surface area contributed by atoms with E-state index in [1.165, 1.54) is 17.5 Å². The molecule has 92 valence electrons. The summed E-state index contributed by atoms with van der Waals surface area (Å²) in [5.41, 5.74) is 3.55. The third-order valence-electron chi connectivity index (χ3n) is 3.10. The second kappa shape index (κ2) is 5.46. The molecule has 0 bridgehead atoms. The lowest BCUT2D eigenvalue weighted by atomic mass is 10.0.